The van der Waals surface area contributed by atoms with Crippen molar-refractivity contribution in [3.05, 3.63) is 22.3 Å². The van der Waals surface area contributed by atoms with Crippen LogP contribution in [0.4, 0.5) is 5.82 Å². The number of carbonyl (C=O) groups excluding carboxylic acids is 1. The summed E-state index contributed by atoms with van der Waals surface area (Å²) in [5.74, 6) is 0.155. The summed E-state index contributed by atoms with van der Waals surface area (Å²) in [7, 11) is 0. The minimum absolute atomic E-state index is 0.0878. The molecule has 0 atom stereocenters. The Labute approximate surface area is 116 Å². The summed E-state index contributed by atoms with van der Waals surface area (Å²) >= 11 is 17.3. The normalized spacial score (nSPS) is 10.4. The second-order valence-electron chi connectivity index (χ2n) is 3.50. The number of carbonyl (C=O) groups is 1. The van der Waals surface area contributed by atoms with Crippen LogP contribution in [-0.4, -0.2) is 23.3 Å². The average molecular weight is 296 g/mol. The molecule has 6 heteroatoms. The number of nitrogens with zero attached hydrogens (tertiary/aromatic N) is 2. The van der Waals surface area contributed by atoms with Crippen molar-refractivity contribution in [3.8, 4) is 0 Å². The van der Waals surface area contributed by atoms with Gasteiger partial charge in [0.05, 0.1) is 0 Å². The molecule has 17 heavy (non-hydrogen) atoms. The average Bonchev–Trinajstić information content (AvgIpc) is 2.28. The van der Waals surface area contributed by atoms with Gasteiger partial charge < -0.3 is 0 Å². The SMILES string of the molecule is CCCCN(C(=O)CCl)c1cc(Cl)cc(Cl)n1. The number of aromatic nitrogens is 1. The lowest BCUT2D eigenvalue weighted by atomic mass is 10.3. The predicted octanol–water partition coefficient (Wildman–Crippen LogP) is 3.76. The molecule has 1 aromatic rings. The van der Waals surface area contributed by atoms with E-state index in [-0.39, 0.29) is 16.9 Å². The molecule has 0 spiro atoms. The first-order valence-corrected chi connectivity index (χ1v) is 6.57. The molecule has 0 aromatic carbocycles. The molecule has 0 saturated carbocycles. The number of hydrogen-bond acceptors (Lipinski definition) is 2. The summed E-state index contributed by atoms with van der Waals surface area (Å²) in [6, 6.07) is 3.13. The largest absolute Gasteiger partial charge is 0.296 e. The first-order valence-electron chi connectivity index (χ1n) is 5.28. The number of unbranched alkanes of at least 4 members (excludes halogenated alkanes) is 1. The van der Waals surface area contributed by atoms with Gasteiger partial charge in [0.25, 0.3) is 0 Å². The molecule has 0 fully saturated rings. The van der Waals surface area contributed by atoms with Gasteiger partial charge in [0.2, 0.25) is 5.91 Å². The van der Waals surface area contributed by atoms with Crippen molar-refractivity contribution < 1.29 is 4.79 Å². The number of rotatable bonds is 5. The van der Waals surface area contributed by atoms with Gasteiger partial charge in [-0.25, -0.2) is 4.98 Å². The molecular weight excluding hydrogens is 282 g/mol. The molecule has 0 aliphatic rings. The molecule has 1 amide bonds. The van der Waals surface area contributed by atoms with E-state index in [1.165, 1.54) is 11.0 Å². The summed E-state index contributed by atoms with van der Waals surface area (Å²) in [5.41, 5.74) is 0. The Hall–Kier alpha value is -0.510. The molecule has 0 aliphatic heterocycles. The minimum Gasteiger partial charge on any atom is -0.296 e. The molecular formula is C11H13Cl3N2O. The minimum atomic E-state index is -0.203. The number of pyridine rings is 1. The third-order valence-electron chi connectivity index (χ3n) is 2.17. The zero-order valence-corrected chi connectivity index (χ0v) is 11.7. The van der Waals surface area contributed by atoms with Gasteiger partial charge in [-0.1, -0.05) is 36.5 Å². The zero-order chi connectivity index (χ0) is 12.8. The van der Waals surface area contributed by atoms with Crippen molar-refractivity contribution in [1.82, 2.24) is 4.98 Å². The van der Waals surface area contributed by atoms with Crippen LogP contribution in [0, 0.1) is 0 Å². The fourth-order valence-electron chi connectivity index (χ4n) is 1.35. The third kappa shape index (κ3) is 4.34. The van der Waals surface area contributed by atoms with Crippen LogP contribution < -0.4 is 4.90 Å². The zero-order valence-electron chi connectivity index (χ0n) is 9.42. The maximum absolute atomic E-state index is 11.7. The number of halogens is 3. The molecule has 1 rings (SSSR count). The van der Waals surface area contributed by atoms with Crippen molar-refractivity contribution >= 4 is 46.5 Å². The van der Waals surface area contributed by atoms with Crippen LogP contribution in [-0.2, 0) is 4.79 Å². The molecule has 94 valence electrons. The maximum Gasteiger partial charge on any atom is 0.243 e. The van der Waals surface area contributed by atoms with E-state index in [9.17, 15) is 4.79 Å². The standard InChI is InChI=1S/C11H13Cl3N2O/c1-2-3-4-16(11(17)7-12)10-6-8(13)5-9(14)15-10/h5-6H,2-4,7H2,1H3. The summed E-state index contributed by atoms with van der Waals surface area (Å²) in [4.78, 5) is 17.3. The van der Waals surface area contributed by atoms with E-state index in [0.717, 1.165) is 12.8 Å². The summed E-state index contributed by atoms with van der Waals surface area (Å²) in [6.07, 6.45) is 1.84. The monoisotopic (exact) mass is 294 g/mol. The Morgan fingerprint density at radius 3 is 2.65 bits per heavy atom. The number of hydrogen-bond donors (Lipinski definition) is 0. The fourth-order valence-corrected chi connectivity index (χ4v) is 1.95. The topological polar surface area (TPSA) is 33.2 Å². The quantitative estimate of drug-likeness (QED) is 0.612. The Balaban J connectivity index is 2.98. The van der Waals surface area contributed by atoms with Crippen LogP contribution >= 0.6 is 34.8 Å². The Kier molecular flexibility index (Phi) is 6.03. The van der Waals surface area contributed by atoms with Gasteiger partial charge in [0.15, 0.2) is 0 Å². The molecule has 0 aliphatic carbocycles. The first-order chi connectivity index (χ1) is 8.08. The highest BCUT2D eigenvalue weighted by molar-refractivity contribution is 6.34. The number of alkyl halides is 1. The first kappa shape index (κ1) is 14.6. The molecule has 1 aromatic heterocycles. The van der Waals surface area contributed by atoms with Gasteiger partial charge in [-0.05, 0) is 18.6 Å². The lowest BCUT2D eigenvalue weighted by Gasteiger charge is -2.20. The molecule has 0 radical (unpaired) electrons. The number of amides is 1. The molecule has 0 N–H and O–H groups in total. The van der Waals surface area contributed by atoms with E-state index in [1.807, 2.05) is 6.92 Å². The second kappa shape index (κ2) is 7.04. The van der Waals surface area contributed by atoms with Gasteiger partial charge in [-0.3, -0.25) is 9.69 Å². The Morgan fingerprint density at radius 2 is 2.12 bits per heavy atom. The summed E-state index contributed by atoms with van der Waals surface area (Å²) in [6.45, 7) is 2.60. The second-order valence-corrected chi connectivity index (χ2v) is 4.59. The van der Waals surface area contributed by atoms with Gasteiger partial charge >= 0.3 is 0 Å². The van der Waals surface area contributed by atoms with Crippen LogP contribution in [0.2, 0.25) is 10.2 Å². The summed E-state index contributed by atoms with van der Waals surface area (Å²) < 4.78 is 0. The van der Waals surface area contributed by atoms with Gasteiger partial charge in [0.1, 0.15) is 16.9 Å². The van der Waals surface area contributed by atoms with Crippen molar-refractivity contribution in [2.24, 2.45) is 0 Å². The van der Waals surface area contributed by atoms with Crippen molar-refractivity contribution in [1.29, 1.82) is 0 Å². The van der Waals surface area contributed by atoms with E-state index >= 15 is 0 Å². The lowest BCUT2D eigenvalue weighted by Crippen LogP contribution is -2.33. The third-order valence-corrected chi connectivity index (χ3v) is 2.81. The van der Waals surface area contributed by atoms with Crippen LogP contribution in [0.1, 0.15) is 19.8 Å². The lowest BCUT2D eigenvalue weighted by molar-refractivity contribution is -0.116. The maximum atomic E-state index is 11.7. The fraction of sp³-hybridized carbons (Fsp3) is 0.455. The van der Waals surface area contributed by atoms with Crippen LogP contribution in [0.3, 0.4) is 0 Å². The van der Waals surface area contributed by atoms with Crippen LogP contribution in [0.5, 0.6) is 0 Å². The summed E-state index contributed by atoms with van der Waals surface area (Å²) in [5, 5.41) is 0.709. The Bertz CT molecular complexity index is 378. The molecule has 0 saturated heterocycles. The van der Waals surface area contributed by atoms with Crippen molar-refractivity contribution in [2.45, 2.75) is 19.8 Å². The van der Waals surface area contributed by atoms with Crippen molar-refractivity contribution in [2.75, 3.05) is 17.3 Å². The Morgan fingerprint density at radius 1 is 1.41 bits per heavy atom. The molecule has 3 nitrogen and oxygen atoms in total. The van der Waals surface area contributed by atoms with Gasteiger partial charge in [-0.2, -0.15) is 0 Å². The highest BCUT2D eigenvalue weighted by atomic mass is 35.5. The highest BCUT2D eigenvalue weighted by Crippen LogP contribution is 2.22. The van der Waals surface area contributed by atoms with E-state index < -0.39 is 0 Å². The van der Waals surface area contributed by atoms with Gasteiger partial charge in [0, 0.05) is 11.6 Å². The molecule has 1 heterocycles. The van der Waals surface area contributed by atoms with Crippen molar-refractivity contribution in [3.63, 3.8) is 0 Å². The number of anilines is 1. The van der Waals surface area contributed by atoms with Crippen LogP contribution in [0.15, 0.2) is 12.1 Å². The van der Waals surface area contributed by atoms with E-state index in [1.54, 1.807) is 6.07 Å². The van der Waals surface area contributed by atoms with E-state index in [2.05, 4.69) is 4.98 Å². The molecule has 0 bridgehead atoms. The molecule has 0 unspecified atom stereocenters. The highest BCUT2D eigenvalue weighted by Gasteiger charge is 2.16. The van der Waals surface area contributed by atoms with Crippen LogP contribution in [0.25, 0.3) is 0 Å². The smallest absolute Gasteiger partial charge is 0.243 e. The van der Waals surface area contributed by atoms with Gasteiger partial charge in [-0.15, -0.1) is 11.6 Å². The van der Waals surface area contributed by atoms with E-state index in [4.69, 9.17) is 34.8 Å². The van der Waals surface area contributed by atoms with E-state index in [0.29, 0.717) is 17.4 Å². The predicted molar refractivity (Wildman–Crippen MR) is 72.2 cm³/mol.